The van der Waals surface area contributed by atoms with E-state index in [2.05, 4.69) is 10.1 Å². The number of halogens is 2. The molecule has 1 saturated heterocycles. The van der Waals surface area contributed by atoms with Crippen molar-refractivity contribution in [2.75, 3.05) is 6.54 Å². The largest absolute Gasteiger partial charge is 0.435 e. The van der Waals surface area contributed by atoms with Crippen LogP contribution in [0.5, 0.6) is 5.75 Å². The number of benzene rings is 2. The van der Waals surface area contributed by atoms with Gasteiger partial charge in [-0.3, -0.25) is 9.59 Å². The second-order valence-corrected chi connectivity index (χ2v) is 6.32. The Bertz CT molecular complexity index is 809. The minimum Gasteiger partial charge on any atom is -0.435 e. The molecule has 27 heavy (non-hydrogen) atoms. The van der Waals surface area contributed by atoms with Crippen LogP contribution in [-0.2, 0) is 17.9 Å². The third kappa shape index (κ3) is 5.26. The Labute approximate surface area is 155 Å². The van der Waals surface area contributed by atoms with E-state index in [1.54, 1.807) is 24.3 Å². The van der Waals surface area contributed by atoms with Gasteiger partial charge >= 0.3 is 6.61 Å². The minimum atomic E-state index is -2.88. The van der Waals surface area contributed by atoms with Crippen LogP contribution >= 0.6 is 0 Å². The van der Waals surface area contributed by atoms with Crippen molar-refractivity contribution in [2.45, 2.75) is 32.5 Å². The number of carbonyl (C=O) groups is 2. The summed E-state index contributed by atoms with van der Waals surface area (Å²) < 4.78 is 28.9. The van der Waals surface area contributed by atoms with E-state index in [1.807, 2.05) is 17.0 Å². The Morgan fingerprint density at radius 1 is 1.15 bits per heavy atom. The molecule has 0 spiro atoms. The van der Waals surface area contributed by atoms with Gasteiger partial charge in [0.15, 0.2) is 0 Å². The maximum Gasteiger partial charge on any atom is 0.387 e. The van der Waals surface area contributed by atoms with Gasteiger partial charge in [0, 0.05) is 31.6 Å². The molecule has 3 rings (SSSR count). The van der Waals surface area contributed by atoms with Crippen LogP contribution in [0.1, 0.15) is 34.3 Å². The highest BCUT2D eigenvalue weighted by Gasteiger charge is 2.20. The van der Waals surface area contributed by atoms with E-state index < -0.39 is 6.61 Å². The molecule has 2 amide bonds. The first-order valence-corrected chi connectivity index (χ1v) is 8.70. The molecule has 1 fully saturated rings. The average Bonchev–Trinajstić information content (AvgIpc) is 3.05. The lowest BCUT2D eigenvalue weighted by atomic mass is 10.1. The van der Waals surface area contributed by atoms with Gasteiger partial charge in [0.25, 0.3) is 5.91 Å². The quantitative estimate of drug-likeness (QED) is 0.809. The Morgan fingerprint density at radius 2 is 1.93 bits per heavy atom. The highest BCUT2D eigenvalue weighted by Crippen LogP contribution is 2.17. The Morgan fingerprint density at radius 3 is 2.59 bits per heavy atom. The molecule has 0 bridgehead atoms. The highest BCUT2D eigenvalue weighted by molar-refractivity contribution is 5.94. The zero-order chi connectivity index (χ0) is 19.2. The lowest BCUT2D eigenvalue weighted by molar-refractivity contribution is -0.128. The summed E-state index contributed by atoms with van der Waals surface area (Å²) in [6.45, 7) is -1.36. The third-order valence-electron chi connectivity index (χ3n) is 4.34. The molecule has 1 aliphatic rings. The molecule has 1 N–H and O–H groups in total. The SMILES string of the molecule is O=C(NCc1cccc(OC(F)F)c1)c1ccc(CN2CCCC2=O)cc1. The Balaban J connectivity index is 1.54. The summed E-state index contributed by atoms with van der Waals surface area (Å²) in [4.78, 5) is 25.7. The smallest absolute Gasteiger partial charge is 0.387 e. The van der Waals surface area contributed by atoms with E-state index in [9.17, 15) is 18.4 Å². The van der Waals surface area contributed by atoms with Crippen LogP contribution < -0.4 is 10.1 Å². The van der Waals surface area contributed by atoms with Gasteiger partial charge in [-0.05, 0) is 41.8 Å². The first-order chi connectivity index (χ1) is 13.0. The molecule has 2 aromatic rings. The summed E-state index contributed by atoms with van der Waals surface area (Å²) in [5, 5.41) is 2.75. The third-order valence-corrected chi connectivity index (χ3v) is 4.34. The van der Waals surface area contributed by atoms with Crippen LogP contribution in [0.15, 0.2) is 48.5 Å². The second kappa shape index (κ2) is 8.62. The second-order valence-electron chi connectivity index (χ2n) is 6.32. The molecule has 0 radical (unpaired) electrons. The van der Waals surface area contributed by atoms with E-state index in [-0.39, 0.29) is 24.1 Å². The fourth-order valence-corrected chi connectivity index (χ4v) is 2.97. The number of carbonyl (C=O) groups excluding carboxylic acids is 2. The molecule has 1 aliphatic heterocycles. The van der Waals surface area contributed by atoms with Gasteiger partial charge < -0.3 is 15.0 Å². The van der Waals surface area contributed by atoms with Gasteiger partial charge in [-0.2, -0.15) is 8.78 Å². The van der Waals surface area contributed by atoms with Crippen molar-refractivity contribution in [3.63, 3.8) is 0 Å². The molecule has 0 saturated carbocycles. The average molecular weight is 374 g/mol. The summed E-state index contributed by atoms with van der Waals surface area (Å²) in [6.07, 6.45) is 1.49. The number of hydrogen-bond donors (Lipinski definition) is 1. The summed E-state index contributed by atoms with van der Waals surface area (Å²) >= 11 is 0. The van der Waals surface area contributed by atoms with Crippen LogP contribution in [-0.4, -0.2) is 29.9 Å². The molecule has 0 atom stereocenters. The monoisotopic (exact) mass is 374 g/mol. The molecule has 1 heterocycles. The van der Waals surface area contributed by atoms with Crippen molar-refractivity contribution in [2.24, 2.45) is 0 Å². The highest BCUT2D eigenvalue weighted by atomic mass is 19.3. The number of likely N-dealkylation sites (tertiary alicyclic amines) is 1. The summed E-state index contributed by atoms with van der Waals surface area (Å²) in [7, 11) is 0. The molecule has 2 aromatic carbocycles. The molecule has 5 nitrogen and oxygen atoms in total. The van der Waals surface area contributed by atoms with Gasteiger partial charge in [-0.15, -0.1) is 0 Å². The van der Waals surface area contributed by atoms with Crippen molar-refractivity contribution < 1.29 is 23.1 Å². The van der Waals surface area contributed by atoms with Gasteiger partial charge in [0.2, 0.25) is 5.91 Å². The number of hydrogen-bond acceptors (Lipinski definition) is 3. The first kappa shape index (κ1) is 18.8. The molecule has 142 valence electrons. The van der Waals surface area contributed by atoms with E-state index in [0.717, 1.165) is 18.5 Å². The van der Waals surface area contributed by atoms with Crippen LogP contribution in [0.3, 0.4) is 0 Å². The van der Waals surface area contributed by atoms with E-state index in [4.69, 9.17) is 0 Å². The van der Waals surface area contributed by atoms with Crippen LogP contribution in [0, 0.1) is 0 Å². The number of ether oxygens (including phenoxy) is 1. The predicted octanol–water partition coefficient (Wildman–Crippen LogP) is 3.34. The molecule has 7 heteroatoms. The maximum absolute atomic E-state index is 12.3. The normalized spacial score (nSPS) is 13.9. The van der Waals surface area contributed by atoms with Crippen molar-refractivity contribution in [3.05, 3.63) is 65.2 Å². The number of amides is 2. The number of nitrogens with one attached hydrogen (secondary N) is 1. The number of rotatable bonds is 7. The predicted molar refractivity (Wildman–Crippen MR) is 95.3 cm³/mol. The van der Waals surface area contributed by atoms with Crippen LogP contribution in [0.4, 0.5) is 8.78 Å². The van der Waals surface area contributed by atoms with E-state index in [0.29, 0.717) is 24.1 Å². The number of nitrogens with zero attached hydrogens (tertiary/aromatic N) is 1. The molecule has 0 aromatic heterocycles. The summed E-state index contributed by atoms with van der Waals surface area (Å²) in [5.41, 5.74) is 2.12. The lowest BCUT2D eigenvalue weighted by Crippen LogP contribution is -2.24. The topological polar surface area (TPSA) is 58.6 Å². The molecule has 0 aliphatic carbocycles. The van der Waals surface area contributed by atoms with Crippen molar-refractivity contribution in [1.82, 2.24) is 10.2 Å². The van der Waals surface area contributed by atoms with Crippen molar-refractivity contribution >= 4 is 11.8 Å². The fourth-order valence-electron chi connectivity index (χ4n) is 2.97. The first-order valence-electron chi connectivity index (χ1n) is 8.70. The fraction of sp³-hybridized carbons (Fsp3) is 0.300. The zero-order valence-electron chi connectivity index (χ0n) is 14.7. The van der Waals surface area contributed by atoms with Crippen molar-refractivity contribution in [1.29, 1.82) is 0 Å². The standard InChI is InChI=1S/C20H20F2N2O3/c21-20(22)27-17-4-1-3-15(11-17)12-23-19(26)16-8-6-14(7-9-16)13-24-10-2-5-18(24)25/h1,3-4,6-9,11,20H,2,5,10,12-13H2,(H,23,26). The van der Waals surface area contributed by atoms with Crippen molar-refractivity contribution in [3.8, 4) is 5.75 Å². The molecular formula is C20H20F2N2O3. The Kier molecular flexibility index (Phi) is 6.01. The number of alkyl halides is 2. The lowest BCUT2D eigenvalue weighted by Gasteiger charge is -2.15. The molecular weight excluding hydrogens is 354 g/mol. The Hall–Kier alpha value is -2.96. The van der Waals surface area contributed by atoms with Gasteiger partial charge in [0.1, 0.15) is 5.75 Å². The minimum absolute atomic E-state index is 0.0533. The summed E-state index contributed by atoms with van der Waals surface area (Å²) in [5.74, 6) is -0.0496. The summed E-state index contributed by atoms with van der Waals surface area (Å²) in [6, 6.07) is 13.3. The van der Waals surface area contributed by atoms with Gasteiger partial charge in [-0.1, -0.05) is 24.3 Å². The van der Waals surface area contributed by atoms with E-state index >= 15 is 0 Å². The zero-order valence-corrected chi connectivity index (χ0v) is 14.7. The van der Waals surface area contributed by atoms with Gasteiger partial charge in [-0.25, -0.2) is 0 Å². The van der Waals surface area contributed by atoms with Crippen LogP contribution in [0.25, 0.3) is 0 Å². The van der Waals surface area contributed by atoms with Gasteiger partial charge in [0.05, 0.1) is 0 Å². The van der Waals surface area contributed by atoms with Crippen LogP contribution in [0.2, 0.25) is 0 Å². The maximum atomic E-state index is 12.3. The van der Waals surface area contributed by atoms with E-state index in [1.165, 1.54) is 12.1 Å². The molecule has 0 unspecified atom stereocenters.